The first-order valence-electron chi connectivity index (χ1n) is 8.97. The van der Waals surface area contributed by atoms with Gasteiger partial charge in [0.2, 0.25) is 0 Å². The van der Waals surface area contributed by atoms with Gasteiger partial charge in [-0.2, -0.15) is 9.50 Å². The van der Waals surface area contributed by atoms with Gasteiger partial charge in [0.25, 0.3) is 5.78 Å². The summed E-state index contributed by atoms with van der Waals surface area (Å²) >= 11 is 1.73. The quantitative estimate of drug-likeness (QED) is 0.544. The van der Waals surface area contributed by atoms with E-state index >= 15 is 0 Å². The maximum Gasteiger partial charge on any atom is 0.276 e. The van der Waals surface area contributed by atoms with E-state index in [1.807, 2.05) is 0 Å². The van der Waals surface area contributed by atoms with E-state index < -0.39 is 0 Å². The van der Waals surface area contributed by atoms with Crippen LogP contribution in [0.25, 0.3) is 16.0 Å². The van der Waals surface area contributed by atoms with E-state index in [-0.39, 0.29) is 6.61 Å². The molecule has 1 aliphatic heterocycles. The van der Waals surface area contributed by atoms with Gasteiger partial charge in [-0.15, -0.1) is 11.3 Å². The standard InChI is InChI=1S/C18H19N7OS/c26-9-7-19-16-15-13-6-8-24(10-12-4-2-1-3-5-12)11-14(13)27-17(15)25-18(20-16)21-22-23-25/h1-5,26H,6-11H2,(H,19,20,21,23). The highest BCUT2D eigenvalue weighted by Gasteiger charge is 2.25. The van der Waals surface area contributed by atoms with Crippen molar-refractivity contribution in [2.75, 3.05) is 25.0 Å². The number of rotatable bonds is 5. The third kappa shape index (κ3) is 2.93. The summed E-state index contributed by atoms with van der Waals surface area (Å²) in [5.41, 5.74) is 2.65. The van der Waals surface area contributed by atoms with E-state index in [9.17, 15) is 5.11 Å². The lowest BCUT2D eigenvalue weighted by atomic mass is 10.0. The van der Waals surface area contributed by atoms with E-state index in [1.165, 1.54) is 16.0 Å². The highest BCUT2D eigenvalue weighted by atomic mass is 32.1. The fourth-order valence-corrected chi connectivity index (χ4v) is 4.99. The number of hydrogen-bond acceptors (Lipinski definition) is 8. The first kappa shape index (κ1) is 16.5. The van der Waals surface area contributed by atoms with Crippen LogP contribution in [-0.4, -0.2) is 54.7 Å². The number of tetrazole rings is 1. The van der Waals surface area contributed by atoms with Crippen molar-refractivity contribution >= 4 is 33.1 Å². The number of aromatic nitrogens is 5. The van der Waals surface area contributed by atoms with Gasteiger partial charge in [0, 0.05) is 31.1 Å². The average molecular weight is 381 g/mol. The molecule has 0 bridgehead atoms. The number of aliphatic hydroxyl groups is 1. The van der Waals surface area contributed by atoms with E-state index in [4.69, 9.17) is 0 Å². The fourth-order valence-electron chi connectivity index (χ4n) is 3.65. The molecular weight excluding hydrogens is 362 g/mol. The number of fused-ring (bicyclic) bond motifs is 5. The Morgan fingerprint density at radius 1 is 1.22 bits per heavy atom. The van der Waals surface area contributed by atoms with Gasteiger partial charge in [0.1, 0.15) is 10.6 Å². The van der Waals surface area contributed by atoms with Crippen molar-refractivity contribution in [3.05, 3.63) is 46.3 Å². The number of benzene rings is 1. The molecule has 0 saturated carbocycles. The lowest BCUT2D eigenvalue weighted by molar-refractivity contribution is 0.249. The second-order valence-corrected chi connectivity index (χ2v) is 7.72. The molecule has 1 aromatic carbocycles. The third-order valence-corrected chi connectivity index (χ3v) is 6.06. The Labute approximate surface area is 159 Å². The second kappa shape index (κ2) is 6.84. The molecule has 1 aliphatic rings. The van der Waals surface area contributed by atoms with Crippen LogP contribution in [0.3, 0.4) is 0 Å². The van der Waals surface area contributed by atoms with Crippen LogP contribution >= 0.6 is 11.3 Å². The molecule has 4 heterocycles. The Bertz CT molecular complexity index is 1090. The zero-order valence-corrected chi connectivity index (χ0v) is 15.5. The molecule has 0 fully saturated rings. The topological polar surface area (TPSA) is 91.5 Å². The van der Waals surface area contributed by atoms with Crippen LogP contribution in [0.4, 0.5) is 5.82 Å². The van der Waals surface area contributed by atoms with Crippen molar-refractivity contribution in [1.29, 1.82) is 0 Å². The molecule has 4 aromatic rings. The molecule has 0 saturated heterocycles. The van der Waals surface area contributed by atoms with Gasteiger partial charge in [-0.25, -0.2) is 0 Å². The number of thiophene rings is 1. The Balaban J connectivity index is 1.54. The normalized spacial score (nSPS) is 14.7. The molecule has 0 aliphatic carbocycles. The molecule has 3 aromatic heterocycles. The van der Waals surface area contributed by atoms with Crippen molar-refractivity contribution in [3.8, 4) is 0 Å². The predicted molar refractivity (Wildman–Crippen MR) is 104 cm³/mol. The molecule has 138 valence electrons. The predicted octanol–water partition coefficient (Wildman–Crippen LogP) is 1.70. The molecule has 5 rings (SSSR count). The number of aliphatic hydroxyl groups excluding tert-OH is 1. The lowest BCUT2D eigenvalue weighted by Gasteiger charge is -2.27. The second-order valence-electron chi connectivity index (χ2n) is 6.63. The van der Waals surface area contributed by atoms with Crippen molar-refractivity contribution in [3.63, 3.8) is 0 Å². The summed E-state index contributed by atoms with van der Waals surface area (Å²) < 4.78 is 1.71. The van der Waals surface area contributed by atoms with Gasteiger partial charge in [0.05, 0.1) is 12.0 Å². The minimum absolute atomic E-state index is 0.0521. The number of anilines is 1. The Morgan fingerprint density at radius 3 is 2.96 bits per heavy atom. The van der Waals surface area contributed by atoms with Gasteiger partial charge < -0.3 is 10.4 Å². The average Bonchev–Trinajstić information content (AvgIpc) is 3.30. The van der Waals surface area contributed by atoms with Gasteiger partial charge >= 0.3 is 0 Å². The molecule has 0 atom stereocenters. The monoisotopic (exact) mass is 381 g/mol. The van der Waals surface area contributed by atoms with E-state index in [1.54, 1.807) is 15.9 Å². The molecule has 9 heteroatoms. The van der Waals surface area contributed by atoms with Gasteiger partial charge in [0.15, 0.2) is 0 Å². The summed E-state index contributed by atoms with van der Waals surface area (Å²) in [5.74, 6) is 1.23. The molecule has 2 N–H and O–H groups in total. The first-order valence-corrected chi connectivity index (χ1v) is 9.78. The fraction of sp³-hybridized carbons (Fsp3) is 0.333. The zero-order valence-electron chi connectivity index (χ0n) is 14.7. The zero-order chi connectivity index (χ0) is 18.2. The van der Waals surface area contributed by atoms with Crippen LogP contribution in [0.5, 0.6) is 0 Å². The lowest BCUT2D eigenvalue weighted by Crippen LogP contribution is -2.29. The summed E-state index contributed by atoms with van der Waals surface area (Å²) in [6.45, 7) is 3.36. The molecule has 0 amide bonds. The minimum Gasteiger partial charge on any atom is -0.395 e. The van der Waals surface area contributed by atoms with Crippen LogP contribution in [0.15, 0.2) is 30.3 Å². The third-order valence-electron chi connectivity index (χ3n) is 4.86. The Hall–Kier alpha value is -2.62. The van der Waals surface area contributed by atoms with Crippen LogP contribution in [0.1, 0.15) is 16.0 Å². The highest BCUT2D eigenvalue weighted by molar-refractivity contribution is 7.19. The first-order chi connectivity index (χ1) is 13.3. The minimum atomic E-state index is 0.0521. The summed E-state index contributed by atoms with van der Waals surface area (Å²) in [4.78, 5) is 9.38. The van der Waals surface area contributed by atoms with Crippen molar-refractivity contribution in [2.24, 2.45) is 0 Å². The molecular formula is C18H19N7OS. The van der Waals surface area contributed by atoms with Crippen LogP contribution in [0, 0.1) is 0 Å². The smallest absolute Gasteiger partial charge is 0.276 e. The van der Waals surface area contributed by atoms with E-state index in [2.05, 4.69) is 61.1 Å². The maximum atomic E-state index is 9.20. The number of nitrogens with zero attached hydrogens (tertiary/aromatic N) is 6. The number of nitrogens with one attached hydrogen (secondary N) is 1. The SMILES string of the molecule is OCCNc1nc2nnnn2c2sc3c(c12)CCN(Cc1ccccc1)C3. The van der Waals surface area contributed by atoms with Crippen LogP contribution in [0.2, 0.25) is 0 Å². The summed E-state index contributed by atoms with van der Waals surface area (Å²) in [6.07, 6.45) is 0.964. The van der Waals surface area contributed by atoms with E-state index in [0.717, 1.165) is 42.1 Å². The Kier molecular flexibility index (Phi) is 4.19. The summed E-state index contributed by atoms with van der Waals surface area (Å²) in [5, 5.41) is 25.4. The molecule has 0 radical (unpaired) electrons. The summed E-state index contributed by atoms with van der Waals surface area (Å²) in [6, 6.07) is 10.6. The van der Waals surface area contributed by atoms with Crippen molar-refractivity contribution < 1.29 is 5.11 Å². The molecule has 0 unspecified atom stereocenters. The molecule has 0 spiro atoms. The van der Waals surface area contributed by atoms with Gasteiger partial charge in [-0.1, -0.05) is 35.4 Å². The van der Waals surface area contributed by atoms with Gasteiger partial charge in [-0.05, 0) is 28.0 Å². The van der Waals surface area contributed by atoms with Crippen molar-refractivity contribution in [1.82, 2.24) is 29.9 Å². The highest BCUT2D eigenvalue weighted by Crippen LogP contribution is 2.38. The maximum absolute atomic E-state index is 9.20. The van der Waals surface area contributed by atoms with Crippen molar-refractivity contribution in [2.45, 2.75) is 19.5 Å². The van der Waals surface area contributed by atoms with Crippen LogP contribution < -0.4 is 5.32 Å². The van der Waals surface area contributed by atoms with E-state index in [0.29, 0.717) is 12.3 Å². The largest absolute Gasteiger partial charge is 0.395 e. The van der Waals surface area contributed by atoms with Gasteiger partial charge in [-0.3, -0.25) is 4.90 Å². The molecule has 27 heavy (non-hydrogen) atoms. The van der Waals surface area contributed by atoms with Crippen LogP contribution in [-0.2, 0) is 19.5 Å². The number of hydrogen-bond donors (Lipinski definition) is 2. The Morgan fingerprint density at radius 2 is 2.11 bits per heavy atom. The molecule has 8 nitrogen and oxygen atoms in total. The summed E-state index contributed by atoms with van der Waals surface area (Å²) in [7, 11) is 0.